The minimum Gasteiger partial charge on any atom is -0.492 e. The lowest BCUT2D eigenvalue weighted by Crippen LogP contribution is -2.20. The number of para-hydroxylation sites is 1. The van der Waals surface area contributed by atoms with Crippen LogP contribution in [-0.4, -0.2) is 6.61 Å². The Morgan fingerprint density at radius 3 is 3.08 bits per heavy atom. The first-order valence-corrected chi connectivity index (χ1v) is 4.75. The van der Waals surface area contributed by atoms with Crippen LogP contribution in [0.1, 0.15) is 18.0 Å². The van der Waals surface area contributed by atoms with Crippen LogP contribution >= 0.6 is 15.9 Å². The van der Waals surface area contributed by atoms with E-state index in [0.29, 0.717) is 0 Å². The molecule has 0 aromatic heterocycles. The Kier molecular flexibility index (Phi) is 2.07. The predicted molar refractivity (Wildman–Crippen MR) is 51.2 cm³/mol. The smallest absolute Gasteiger partial charge is 0.138 e. The van der Waals surface area contributed by atoms with Gasteiger partial charge in [-0.3, -0.25) is 0 Å². The number of hydrogen-bond donors (Lipinski definition) is 1. The van der Waals surface area contributed by atoms with Gasteiger partial charge in [-0.1, -0.05) is 12.1 Å². The summed E-state index contributed by atoms with van der Waals surface area (Å²) in [5.41, 5.74) is 7.02. The van der Waals surface area contributed by atoms with Crippen LogP contribution in [0.4, 0.5) is 0 Å². The van der Waals surface area contributed by atoms with Crippen LogP contribution in [0.25, 0.3) is 0 Å². The molecule has 2 nitrogen and oxygen atoms in total. The van der Waals surface area contributed by atoms with Crippen molar-refractivity contribution in [2.24, 2.45) is 5.73 Å². The second kappa shape index (κ2) is 3.07. The summed E-state index contributed by atoms with van der Waals surface area (Å²) < 4.78 is 6.49. The number of halogens is 1. The zero-order chi connectivity index (χ0) is 8.55. The monoisotopic (exact) mass is 227 g/mol. The summed E-state index contributed by atoms with van der Waals surface area (Å²) in [5.74, 6) is 0.913. The number of fused-ring (bicyclic) bond motifs is 1. The number of hydrogen-bond acceptors (Lipinski definition) is 2. The van der Waals surface area contributed by atoms with Crippen LogP contribution in [0.15, 0.2) is 22.7 Å². The van der Waals surface area contributed by atoms with Gasteiger partial charge >= 0.3 is 0 Å². The van der Waals surface area contributed by atoms with Gasteiger partial charge in [0.25, 0.3) is 0 Å². The van der Waals surface area contributed by atoms with Gasteiger partial charge in [0.05, 0.1) is 11.1 Å². The molecule has 1 aliphatic heterocycles. The molecule has 2 N–H and O–H groups in total. The van der Waals surface area contributed by atoms with Crippen LogP contribution in [0.2, 0.25) is 0 Å². The van der Waals surface area contributed by atoms with Gasteiger partial charge < -0.3 is 10.5 Å². The fourth-order valence-corrected chi connectivity index (χ4v) is 1.91. The van der Waals surface area contributed by atoms with E-state index in [1.165, 1.54) is 0 Å². The molecule has 12 heavy (non-hydrogen) atoms. The van der Waals surface area contributed by atoms with Crippen molar-refractivity contribution in [2.75, 3.05) is 6.61 Å². The number of benzene rings is 1. The molecule has 1 atom stereocenters. The topological polar surface area (TPSA) is 35.2 Å². The van der Waals surface area contributed by atoms with Gasteiger partial charge in [-0.15, -0.1) is 0 Å². The summed E-state index contributed by atoms with van der Waals surface area (Å²) in [4.78, 5) is 0. The molecule has 3 heteroatoms. The molecule has 64 valence electrons. The Balaban J connectivity index is 2.52. The summed E-state index contributed by atoms with van der Waals surface area (Å²) in [5, 5.41) is 0. The standard InChI is InChI=1S/C9H10BrNO/c10-7-3-1-2-6-8(11)4-5-12-9(6)7/h1-3,8H,4-5,11H2/t8-/m1/s1. The molecule has 0 radical (unpaired) electrons. The summed E-state index contributed by atoms with van der Waals surface area (Å²) in [6.07, 6.45) is 0.906. The van der Waals surface area contributed by atoms with Gasteiger partial charge in [0.2, 0.25) is 0 Å². The molecule has 1 heterocycles. The lowest BCUT2D eigenvalue weighted by Gasteiger charge is -2.23. The van der Waals surface area contributed by atoms with Crippen molar-refractivity contribution >= 4 is 15.9 Å². The van der Waals surface area contributed by atoms with Crippen molar-refractivity contribution in [3.05, 3.63) is 28.2 Å². The van der Waals surface area contributed by atoms with Gasteiger partial charge in [-0.05, 0) is 22.0 Å². The maximum absolute atomic E-state index is 5.91. The summed E-state index contributed by atoms with van der Waals surface area (Å²) in [6, 6.07) is 6.10. The van der Waals surface area contributed by atoms with Gasteiger partial charge in [-0.2, -0.15) is 0 Å². The zero-order valence-corrected chi connectivity index (χ0v) is 8.17. The first-order valence-electron chi connectivity index (χ1n) is 3.96. The van der Waals surface area contributed by atoms with Crippen LogP contribution in [0, 0.1) is 0 Å². The quantitative estimate of drug-likeness (QED) is 0.738. The fourth-order valence-electron chi connectivity index (χ4n) is 1.41. The van der Waals surface area contributed by atoms with Crippen LogP contribution in [-0.2, 0) is 0 Å². The molecule has 0 unspecified atom stereocenters. The molecular weight excluding hydrogens is 218 g/mol. The molecule has 1 aromatic rings. The molecular formula is C9H10BrNO. The minimum absolute atomic E-state index is 0.131. The molecule has 2 rings (SSSR count). The number of rotatable bonds is 0. The second-order valence-electron chi connectivity index (χ2n) is 2.90. The summed E-state index contributed by atoms with van der Waals surface area (Å²) >= 11 is 3.43. The molecule has 1 aliphatic rings. The van der Waals surface area contributed by atoms with Crippen molar-refractivity contribution in [2.45, 2.75) is 12.5 Å². The van der Waals surface area contributed by atoms with Crippen molar-refractivity contribution in [1.29, 1.82) is 0 Å². The second-order valence-corrected chi connectivity index (χ2v) is 3.76. The Morgan fingerprint density at radius 1 is 1.50 bits per heavy atom. The van der Waals surface area contributed by atoms with Crippen LogP contribution in [0.5, 0.6) is 5.75 Å². The average molecular weight is 228 g/mol. The van der Waals surface area contributed by atoms with E-state index in [1.807, 2.05) is 18.2 Å². The van der Waals surface area contributed by atoms with Crippen molar-refractivity contribution in [3.8, 4) is 5.75 Å². The molecule has 0 saturated heterocycles. The van der Waals surface area contributed by atoms with Crippen molar-refractivity contribution < 1.29 is 4.74 Å². The lowest BCUT2D eigenvalue weighted by molar-refractivity contribution is 0.267. The van der Waals surface area contributed by atoms with Gasteiger partial charge in [-0.25, -0.2) is 0 Å². The van der Waals surface area contributed by atoms with E-state index in [-0.39, 0.29) is 6.04 Å². The summed E-state index contributed by atoms with van der Waals surface area (Å²) in [7, 11) is 0. The first kappa shape index (κ1) is 8.08. The van der Waals surface area contributed by atoms with Gasteiger partial charge in [0.15, 0.2) is 0 Å². The third-order valence-corrected chi connectivity index (χ3v) is 2.70. The first-order chi connectivity index (χ1) is 5.79. The highest BCUT2D eigenvalue weighted by atomic mass is 79.9. The van der Waals surface area contributed by atoms with Gasteiger partial charge in [0, 0.05) is 18.0 Å². The average Bonchev–Trinajstić information content (AvgIpc) is 2.07. The SMILES string of the molecule is N[C@@H]1CCOc2c(Br)cccc21. The third kappa shape index (κ3) is 1.23. The van der Waals surface area contributed by atoms with E-state index in [1.54, 1.807) is 0 Å². The number of ether oxygens (including phenoxy) is 1. The van der Waals surface area contributed by atoms with E-state index in [4.69, 9.17) is 10.5 Å². The zero-order valence-electron chi connectivity index (χ0n) is 6.59. The summed E-state index contributed by atoms with van der Waals surface area (Å²) in [6.45, 7) is 0.719. The largest absolute Gasteiger partial charge is 0.492 e. The normalized spacial score (nSPS) is 21.3. The molecule has 0 aliphatic carbocycles. The van der Waals surface area contributed by atoms with E-state index < -0.39 is 0 Å². The molecule has 0 fully saturated rings. The van der Waals surface area contributed by atoms with E-state index >= 15 is 0 Å². The Labute approximate surface area is 79.8 Å². The molecule has 0 amide bonds. The highest BCUT2D eigenvalue weighted by Gasteiger charge is 2.19. The molecule has 0 bridgehead atoms. The van der Waals surface area contributed by atoms with E-state index in [9.17, 15) is 0 Å². The molecule has 0 saturated carbocycles. The maximum atomic E-state index is 5.91. The lowest BCUT2D eigenvalue weighted by atomic mass is 10.0. The van der Waals surface area contributed by atoms with E-state index in [2.05, 4.69) is 15.9 Å². The Morgan fingerprint density at radius 2 is 2.33 bits per heavy atom. The number of nitrogens with two attached hydrogens (primary N) is 1. The van der Waals surface area contributed by atoms with Crippen LogP contribution in [0.3, 0.4) is 0 Å². The minimum atomic E-state index is 0.131. The molecule has 1 aromatic carbocycles. The fraction of sp³-hybridized carbons (Fsp3) is 0.333. The van der Waals surface area contributed by atoms with Crippen molar-refractivity contribution in [1.82, 2.24) is 0 Å². The highest BCUT2D eigenvalue weighted by molar-refractivity contribution is 9.10. The van der Waals surface area contributed by atoms with Crippen LogP contribution < -0.4 is 10.5 Å². The third-order valence-electron chi connectivity index (χ3n) is 2.07. The predicted octanol–water partition coefficient (Wildman–Crippen LogP) is 2.23. The highest BCUT2D eigenvalue weighted by Crippen LogP contribution is 2.36. The Bertz CT molecular complexity index is 301. The Hall–Kier alpha value is -0.540. The molecule has 0 spiro atoms. The maximum Gasteiger partial charge on any atom is 0.138 e. The van der Waals surface area contributed by atoms with Gasteiger partial charge in [0.1, 0.15) is 5.75 Å². The van der Waals surface area contributed by atoms with Crippen molar-refractivity contribution in [3.63, 3.8) is 0 Å². The van der Waals surface area contributed by atoms with E-state index in [0.717, 1.165) is 28.8 Å².